The van der Waals surface area contributed by atoms with Gasteiger partial charge in [0.05, 0.1) is 5.71 Å². The van der Waals surface area contributed by atoms with E-state index in [4.69, 9.17) is 0 Å². The van der Waals surface area contributed by atoms with Crippen LogP contribution in [0.5, 0.6) is 0 Å². The lowest BCUT2D eigenvalue weighted by Crippen LogP contribution is -2.08. The molecule has 0 aromatic heterocycles. The van der Waals surface area contributed by atoms with Crippen molar-refractivity contribution in [3.8, 4) is 0 Å². The average Bonchev–Trinajstić information content (AvgIpc) is 2.04. The SMILES string of the molecule is O=C1C=CC2=NC=CCC2=C1. The fraction of sp³-hybridized carbons (Fsp3) is 0.111. The minimum atomic E-state index is 0.0641. The minimum absolute atomic E-state index is 0.0641. The first-order valence-corrected chi connectivity index (χ1v) is 3.52. The van der Waals surface area contributed by atoms with Gasteiger partial charge in [-0.05, 0) is 30.2 Å². The first-order valence-electron chi connectivity index (χ1n) is 3.52. The van der Waals surface area contributed by atoms with Crippen LogP contribution in [0, 0.1) is 0 Å². The molecular weight excluding hydrogens is 138 g/mol. The van der Waals surface area contributed by atoms with Gasteiger partial charge < -0.3 is 0 Å². The summed E-state index contributed by atoms with van der Waals surface area (Å²) in [5.41, 5.74) is 1.95. The molecule has 2 nitrogen and oxygen atoms in total. The molecule has 0 aromatic rings. The van der Waals surface area contributed by atoms with Crippen LogP contribution in [0.4, 0.5) is 0 Å². The maximum atomic E-state index is 10.9. The van der Waals surface area contributed by atoms with E-state index in [0.717, 1.165) is 17.7 Å². The average molecular weight is 145 g/mol. The Kier molecular flexibility index (Phi) is 1.32. The van der Waals surface area contributed by atoms with Crippen molar-refractivity contribution >= 4 is 11.5 Å². The summed E-state index contributed by atoms with van der Waals surface area (Å²) in [6.07, 6.45) is 9.49. The molecule has 0 N–H and O–H groups in total. The lowest BCUT2D eigenvalue weighted by Gasteiger charge is -2.10. The maximum Gasteiger partial charge on any atom is 0.179 e. The summed E-state index contributed by atoms with van der Waals surface area (Å²) < 4.78 is 0. The number of carbonyl (C=O) groups excluding carboxylic acids is 1. The van der Waals surface area contributed by atoms with Crippen LogP contribution in [0.15, 0.2) is 41.1 Å². The van der Waals surface area contributed by atoms with E-state index >= 15 is 0 Å². The second kappa shape index (κ2) is 2.31. The molecule has 0 saturated carbocycles. The van der Waals surface area contributed by atoms with Crippen molar-refractivity contribution < 1.29 is 4.79 Å². The molecule has 0 aromatic carbocycles. The Morgan fingerprint density at radius 2 is 2.27 bits per heavy atom. The molecule has 0 radical (unpaired) electrons. The third-order valence-corrected chi connectivity index (χ3v) is 1.71. The molecule has 1 aliphatic carbocycles. The molecule has 0 fully saturated rings. The number of hydrogen-bond donors (Lipinski definition) is 0. The lowest BCUT2D eigenvalue weighted by atomic mass is 9.99. The maximum absolute atomic E-state index is 10.9. The zero-order valence-corrected chi connectivity index (χ0v) is 5.95. The quantitative estimate of drug-likeness (QED) is 0.474. The summed E-state index contributed by atoms with van der Waals surface area (Å²) in [6.45, 7) is 0. The normalized spacial score (nSPS) is 20.9. The van der Waals surface area contributed by atoms with E-state index in [9.17, 15) is 4.79 Å². The summed E-state index contributed by atoms with van der Waals surface area (Å²) in [5, 5.41) is 0. The number of allylic oxidation sites excluding steroid dienone is 5. The summed E-state index contributed by atoms with van der Waals surface area (Å²) in [5.74, 6) is 0.0641. The van der Waals surface area contributed by atoms with Gasteiger partial charge in [0.2, 0.25) is 0 Å². The largest absolute Gasteiger partial charge is 0.290 e. The van der Waals surface area contributed by atoms with E-state index < -0.39 is 0 Å². The Bertz CT molecular complexity index is 318. The zero-order chi connectivity index (χ0) is 7.68. The highest BCUT2D eigenvalue weighted by Gasteiger charge is 2.11. The van der Waals surface area contributed by atoms with E-state index in [1.54, 1.807) is 24.4 Å². The Labute approximate surface area is 64.6 Å². The lowest BCUT2D eigenvalue weighted by molar-refractivity contribution is -0.110. The minimum Gasteiger partial charge on any atom is -0.290 e. The predicted molar refractivity (Wildman–Crippen MR) is 43.4 cm³/mol. The number of nitrogens with zero attached hydrogens (tertiary/aromatic N) is 1. The summed E-state index contributed by atoms with van der Waals surface area (Å²) in [4.78, 5) is 15.0. The second-order valence-electron chi connectivity index (χ2n) is 2.51. The van der Waals surface area contributed by atoms with Gasteiger partial charge in [0.1, 0.15) is 0 Å². The Morgan fingerprint density at radius 3 is 3.18 bits per heavy atom. The number of rotatable bonds is 0. The molecule has 2 aliphatic rings. The summed E-state index contributed by atoms with van der Waals surface area (Å²) in [7, 11) is 0. The molecule has 0 bridgehead atoms. The van der Waals surface area contributed by atoms with Gasteiger partial charge in [-0.3, -0.25) is 9.79 Å². The van der Waals surface area contributed by atoms with Crippen molar-refractivity contribution in [2.45, 2.75) is 6.42 Å². The van der Waals surface area contributed by atoms with Crippen LogP contribution in [0.1, 0.15) is 6.42 Å². The van der Waals surface area contributed by atoms with E-state index in [0.29, 0.717) is 0 Å². The first kappa shape index (κ1) is 6.28. The molecule has 0 unspecified atom stereocenters. The number of hydrogen-bond acceptors (Lipinski definition) is 2. The Hall–Kier alpha value is -1.44. The fourth-order valence-electron chi connectivity index (χ4n) is 1.16. The van der Waals surface area contributed by atoms with Gasteiger partial charge in [0, 0.05) is 6.20 Å². The van der Waals surface area contributed by atoms with Crippen LogP contribution < -0.4 is 0 Å². The third-order valence-electron chi connectivity index (χ3n) is 1.71. The molecule has 2 heteroatoms. The van der Waals surface area contributed by atoms with Gasteiger partial charge in [-0.15, -0.1) is 0 Å². The van der Waals surface area contributed by atoms with Crippen molar-refractivity contribution in [2.75, 3.05) is 0 Å². The molecule has 0 spiro atoms. The van der Waals surface area contributed by atoms with Crippen molar-refractivity contribution in [3.05, 3.63) is 36.1 Å². The monoisotopic (exact) mass is 145 g/mol. The molecule has 11 heavy (non-hydrogen) atoms. The number of ketones is 1. The molecule has 0 amide bonds. The van der Waals surface area contributed by atoms with E-state index in [1.807, 2.05) is 6.08 Å². The molecule has 0 atom stereocenters. The van der Waals surface area contributed by atoms with Crippen LogP contribution in [-0.4, -0.2) is 11.5 Å². The topological polar surface area (TPSA) is 29.4 Å². The van der Waals surface area contributed by atoms with Crippen molar-refractivity contribution in [1.82, 2.24) is 0 Å². The molecule has 54 valence electrons. The third kappa shape index (κ3) is 1.07. The first-order chi connectivity index (χ1) is 5.36. The smallest absolute Gasteiger partial charge is 0.179 e. The molecule has 1 aliphatic heterocycles. The molecule has 1 heterocycles. The fourth-order valence-corrected chi connectivity index (χ4v) is 1.16. The summed E-state index contributed by atoms with van der Waals surface area (Å²) in [6, 6.07) is 0. The standard InChI is InChI=1S/C9H7NO/c11-8-3-4-9-7(6-8)2-1-5-10-9/h1,3-6H,2H2. The number of fused-ring (bicyclic) bond motifs is 1. The second-order valence-corrected chi connectivity index (χ2v) is 2.51. The number of aliphatic imine (C=N–C) groups is 1. The van der Waals surface area contributed by atoms with Gasteiger partial charge in [-0.2, -0.15) is 0 Å². The van der Waals surface area contributed by atoms with Crippen molar-refractivity contribution in [3.63, 3.8) is 0 Å². The van der Waals surface area contributed by atoms with Crippen LogP contribution in [0.3, 0.4) is 0 Å². The van der Waals surface area contributed by atoms with Crippen LogP contribution in [-0.2, 0) is 4.79 Å². The summed E-state index contributed by atoms with van der Waals surface area (Å²) >= 11 is 0. The zero-order valence-electron chi connectivity index (χ0n) is 5.95. The van der Waals surface area contributed by atoms with E-state index in [1.165, 1.54) is 0 Å². The predicted octanol–water partition coefficient (Wildman–Crippen LogP) is 1.41. The van der Waals surface area contributed by atoms with Crippen LogP contribution in [0.2, 0.25) is 0 Å². The van der Waals surface area contributed by atoms with Crippen molar-refractivity contribution in [2.24, 2.45) is 4.99 Å². The van der Waals surface area contributed by atoms with E-state index in [2.05, 4.69) is 4.99 Å². The highest BCUT2D eigenvalue weighted by Crippen LogP contribution is 2.15. The molecule has 0 saturated heterocycles. The van der Waals surface area contributed by atoms with Crippen LogP contribution >= 0.6 is 0 Å². The van der Waals surface area contributed by atoms with Gasteiger partial charge in [0.25, 0.3) is 0 Å². The van der Waals surface area contributed by atoms with Gasteiger partial charge in [-0.1, -0.05) is 6.08 Å². The van der Waals surface area contributed by atoms with Gasteiger partial charge in [-0.25, -0.2) is 0 Å². The van der Waals surface area contributed by atoms with Crippen molar-refractivity contribution in [1.29, 1.82) is 0 Å². The molecular formula is C9H7NO. The van der Waals surface area contributed by atoms with Crippen LogP contribution in [0.25, 0.3) is 0 Å². The van der Waals surface area contributed by atoms with E-state index in [-0.39, 0.29) is 5.78 Å². The Balaban J connectivity index is 2.44. The highest BCUT2D eigenvalue weighted by molar-refractivity contribution is 6.20. The molecule has 2 rings (SSSR count). The number of carbonyl (C=O) groups is 1. The van der Waals surface area contributed by atoms with Gasteiger partial charge in [0.15, 0.2) is 5.78 Å². The van der Waals surface area contributed by atoms with Gasteiger partial charge >= 0.3 is 0 Å². The highest BCUT2D eigenvalue weighted by atomic mass is 16.1. The Morgan fingerprint density at radius 1 is 1.36 bits per heavy atom.